The van der Waals surface area contributed by atoms with Crippen molar-refractivity contribution in [2.75, 3.05) is 7.11 Å². The zero-order valence-electron chi connectivity index (χ0n) is 7.12. The normalized spacial score (nSPS) is 10.3. The Bertz CT molecular complexity index is 442. The Balaban J connectivity index is 2.84. The molecule has 0 aliphatic heterocycles. The molecule has 13 heavy (non-hydrogen) atoms. The molecule has 0 unspecified atom stereocenters. The quantitative estimate of drug-likeness (QED) is 0.752. The average molecular weight is 285 g/mol. The molecule has 0 spiro atoms. The number of hydrogen-bond acceptors (Lipinski definition) is 2. The Labute approximate surface area is 90.1 Å². The maximum Gasteiger partial charge on any atom is 0.128 e. The molecule has 66 valence electrons. The van der Waals surface area contributed by atoms with E-state index in [1.807, 2.05) is 24.5 Å². The molecule has 0 amide bonds. The molecule has 2 rings (SSSR count). The molecular weight excluding hydrogens is 277 g/mol. The van der Waals surface area contributed by atoms with Crippen LogP contribution >= 0.6 is 22.6 Å². The van der Waals surface area contributed by atoms with E-state index in [2.05, 4.69) is 33.6 Å². The maximum atomic E-state index is 5.24. The molecule has 1 aromatic carbocycles. The van der Waals surface area contributed by atoms with Crippen LogP contribution in [0.3, 0.4) is 0 Å². The number of ether oxygens (including phenoxy) is 1. The minimum Gasteiger partial charge on any atom is -0.496 e. The molecule has 0 aliphatic rings. The molecule has 0 saturated heterocycles. The van der Waals surface area contributed by atoms with Crippen molar-refractivity contribution >= 4 is 33.4 Å². The third kappa shape index (κ3) is 1.48. The highest BCUT2D eigenvalue weighted by Gasteiger charge is 2.02. The van der Waals surface area contributed by atoms with Gasteiger partial charge in [0, 0.05) is 26.7 Å². The van der Waals surface area contributed by atoms with Gasteiger partial charge in [-0.15, -0.1) is 0 Å². The maximum absolute atomic E-state index is 5.24. The molecule has 0 aliphatic carbocycles. The zero-order valence-corrected chi connectivity index (χ0v) is 9.28. The molecule has 2 nitrogen and oxygen atoms in total. The largest absolute Gasteiger partial charge is 0.496 e. The SMILES string of the molecule is COc1cccc2c(I)cncc12. The van der Waals surface area contributed by atoms with E-state index < -0.39 is 0 Å². The number of benzene rings is 1. The third-order valence-electron chi connectivity index (χ3n) is 1.93. The van der Waals surface area contributed by atoms with Crippen LogP contribution in [-0.4, -0.2) is 12.1 Å². The van der Waals surface area contributed by atoms with Crippen molar-refractivity contribution in [1.29, 1.82) is 0 Å². The van der Waals surface area contributed by atoms with E-state index in [1.165, 1.54) is 5.39 Å². The van der Waals surface area contributed by atoms with E-state index in [1.54, 1.807) is 7.11 Å². The van der Waals surface area contributed by atoms with E-state index >= 15 is 0 Å². The lowest BCUT2D eigenvalue weighted by atomic mass is 10.2. The summed E-state index contributed by atoms with van der Waals surface area (Å²) in [5.41, 5.74) is 0. The minimum atomic E-state index is 0.878. The molecule has 3 heteroatoms. The summed E-state index contributed by atoms with van der Waals surface area (Å²) in [6, 6.07) is 6.00. The number of pyridine rings is 1. The summed E-state index contributed by atoms with van der Waals surface area (Å²) in [6.45, 7) is 0. The van der Waals surface area contributed by atoms with Gasteiger partial charge in [-0.1, -0.05) is 12.1 Å². The number of methoxy groups -OCH3 is 1. The van der Waals surface area contributed by atoms with Crippen molar-refractivity contribution in [1.82, 2.24) is 4.98 Å². The van der Waals surface area contributed by atoms with Gasteiger partial charge < -0.3 is 4.74 Å². The van der Waals surface area contributed by atoms with E-state index in [0.717, 1.165) is 14.7 Å². The summed E-state index contributed by atoms with van der Waals surface area (Å²) >= 11 is 2.27. The highest BCUT2D eigenvalue weighted by atomic mass is 127. The number of aromatic nitrogens is 1. The highest BCUT2D eigenvalue weighted by Crippen LogP contribution is 2.27. The lowest BCUT2D eigenvalue weighted by Gasteiger charge is -2.04. The van der Waals surface area contributed by atoms with Crippen LogP contribution in [0.4, 0.5) is 0 Å². The molecule has 0 fully saturated rings. The Kier molecular flexibility index (Phi) is 2.35. The van der Waals surface area contributed by atoms with Gasteiger partial charge in [0.15, 0.2) is 0 Å². The average Bonchev–Trinajstić information content (AvgIpc) is 2.18. The summed E-state index contributed by atoms with van der Waals surface area (Å²) in [7, 11) is 1.68. The van der Waals surface area contributed by atoms with Crippen molar-refractivity contribution < 1.29 is 4.74 Å². The summed E-state index contributed by atoms with van der Waals surface area (Å²) < 4.78 is 6.39. The second-order valence-electron chi connectivity index (χ2n) is 2.68. The first-order chi connectivity index (χ1) is 6.33. The Morgan fingerprint density at radius 3 is 2.85 bits per heavy atom. The van der Waals surface area contributed by atoms with Crippen LogP contribution in [0.1, 0.15) is 0 Å². The predicted octanol–water partition coefficient (Wildman–Crippen LogP) is 2.85. The van der Waals surface area contributed by atoms with Gasteiger partial charge in [-0.25, -0.2) is 0 Å². The second kappa shape index (κ2) is 3.49. The first-order valence-corrected chi connectivity index (χ1v) is 4.97. The summed E-state index contributed by atoms with van der Waals surface area (Å²) in [5.74, 6) is 0.878. The van der Waals surface area contributed by atoms with Crippen LogP contribution in [0.25, 0.3) is 10.8 Å². The summed E-state index contributed by atoms with van der Waals surface area (Å²) in [5, 5.41) is 2.26. The Hall–Kier alpha value is -0.840. The fraction of sp³-hybridized carbons (Fsp3) is 0.100. The summed E-state index contributed by atoms with van der Waals surface area (Å²) in [4.78, 5) is 4.13. The van der Waals surface area contributed by atoms with Gasteiger partial charge in [0.2, 0.25) is 0 Å². The van der Waals surface area contributed by atoms with Crippen LogP contribution in [0.2, 0.25) is 0 Å². The van der Waals surface area contributed by atoms with Crippen LogP contribution in [-0.2, 0) is 0 Å². The van der Waals surface area contributed by atoms with Crippen molar-refractivity contribution in [2.24, 2.45) is 0 Å². The van der Waals surface area contributed by atoms with E-state index in [9.17, 15) is 0 Å². The van der Waals surface area contributed by atoms with Crippen LogP contribution < -0.4 is 4.74 Å². The molecular formula is C10H8INO. The van der Waals surface area contributed by atoms with Crippen LogP contribution in [0.15, 0.2) is 30.6 Å². The second-order valence-corrected chi connectivity index (χ2v) is 3.84. The molecule has 0 bridgehead atoms. The van der Waals surface area contributed by atoms with Crippen molar-refractivity contribution in [3.8, 4) is 5.75 Å². The summed E-state index contributed by atoms with van der Waals surface area (Å²) in [6.07, 6.45) is 3.68. The first-order valence-electron chi connectivity index (χ1n) is 3.89. The Morgan fingerprint density at radius 1 is 1.23 bits per heavy atom. The number of nitrogens with zero attached hydrogens (tertiary/aromatic N) is 1. The monoisotopic (exact) mass is 285 g/mol. The van der Waals surface area contributed by atoms with Gasteiger partial charge in [-0.2, -0.15) is 0 Å². The number of halogens is 1. The lowest BCUT2D eigenvalue weighted by molar-refractivity contribution is 0.419. The fourth-order valence-corrected chi connectivity index (χ4v) is 1.94. The van der Waals surface area contributed by atoms with Gasteiger partial charge in [-0.3, -0.25) is 4.98 Å². The number of hydrogen-bond donors (Lipinski definition) is 0. The first kappa shape index (κ1) is 8.74. The molecule has 0 radical (unpaired) electrons. The van der Waals surface area contributed by atoms with Gasteiger partial charge in [0.25, 0.3) is 0 Å². The van der Waals surface area contributed by atoms with Gasteiger partial charge in [0.05, 0.1) is 7.11 Å². The van der Waals surface area contributed by atoms with Crippen LogP contribution in [0.5, 0.6) is 5.75 Å². The molecule has 0 saturated carbocycles. The van der Waals surface area contributed by atoms with Gasteiger partial charge in [-0.05, 0) is 28.7 Å². The molecule has 1 aromatic heterocycles. The predicted molar refractivity (Wildman–Crippen MR) is 61.0 cm³/mol. The standard InChI is InChI=1S/C10H8INO/c1-13-10-4-2-3-7-8(10)5-12-6-9(7)11/h2-6H,1H3. The highest BCUT2D eigenvalue weighted by molar-refractivity contribution is 14.1. The smallest absolute Gasteiger partial charge is 0.128 e. The fourth-order valence-electron chi connectivity index (χ4n) is 1.31. The molecule has 1 heterocycles. The number of rotatable bonds is 1. The topological polar surface area (TPSA) is 22.1 Å². The molecule has 2 aromatic rings. The minimum absolute atomic E-state index is 0.878. The third-order valence-corrected chi connectivity index (χ3v) is 2.79. The van der Waals surface area contributed by atoms with Gasteiger partial charge >= 0.3 is 0 Å². The van der Waals surface area contributed by atoms with Gasteiger partial charge in [0.1, 0.15) is 5.75 Å². The van der Waals surface area contributed by atoms with Crippen LogP contribution in [0, 0.1) is 3.57 Å². The zero-order chi connectivity index (χ0) is 9.26. The van der Waals surface area contributed by atoms with E-state index in [-0.39, 0.29) is 0 Å². The van der Waals surface area contributed by atoms with E-state index in [4.69, 9.17) is 4.74 Å². The van der Waals surface area contributed by atoms with Crippen molar-refractivity contribution in [3.63, 3.8) is 0 Å². The van der Waals surface area contributed by atoms with E-state index in [0.29, 0.717) is 0 Å². The van der Waals surface area contributed by atoms with Crippen molar-refractivity contribution in [3.05, 3.63) is 34.2 Å². The Morgan fingerprint density at radius 2 is 2.08 bits per heavy atom. The molecule has 0 atom stereocenters. The molecule has 0 N–H and O–H groups in total. The lowest BCUT2D eigenvalue weighted by Crippen LogP contribution is -1.87. The van der Waals surface area contributed by atoms with Crippen molar-refractivity contribution in [2.45, 2.75) is 0 Å². The number of fused-ring (bicyclic) bond motifs is 1.